The molecule has 1 aliphatic carbocycles. The maximum absolute atomic E-state index is 11.2. The number of hydrogen-bond donors (Lipinski definition) is 0. The van der Waals surface area contributed by atoms with Crippen LogP contribution in [0.2, 0.25) is 0 Å². The minimum atomic E-state index is -0.342. The van der Waals surface area contributed by atoms with Gasteiger partial charge in [0.2, 0.25) is 0 Å². The fraction of sp³-hybridized carbons (Fsp3) is 0.556. The molecule has 0 unspecified atom stereocenters. The molecule has 13 heavy (non-hydrogen) atoms. The third kappa shape index (κ3) is 1.13. The van der Waals surface area contributed by atoms with Gasteiger partial charge in [-0.3, -0.25) is 4.79 Å². The van der Waals surface area contributed by atoms with Crippen molar-refractivity contribution < 1.29 is 19.1 Å². The molecule has 1 saturated heterocycles. The van der Waals surface area contributed by atoms with Crippen LogP contribution in [0, 0.1) is 11.8 Å². The van der Waals surface area contributed by atoms with Crippen LogP contribution in [0.3, 0.4) is 0 Å². The predicted octanol–water partition coefficient (Wildman–Crippen LogP) is 0.279. The number of cyclic esters (lactones) is 1. The molecule has 2 atom stereocenters. The molecule has 0 aromatic heterocycles. The molecule has 0 aromatic rings. The van der Waals surface area contributed by atoms with Crippen molar-refractivity contribution in [1.82, 2.24) is 0 Å². The van der Waals surface area contributed by atoms with E-state index in [1.807, 2.05) is 0 Å². The van der Waals surface area contributed by atoms with Gasteiger partial charge in [-0.15, -0.1) is 0 Å². The lowest BCUT2D eigenvalue weighted by Gasteiger charge is -2.07. The number of methoxy groups -OCH3 is 1. The van der Waals surface area contributed by atoms with E-state index in [0.717, 1.165) is 0 Å². The molecule has 70 valence electrons. The highest BCUT2D eigenvalue weighted by atomic mass is 16.5. The molecule has 1 aliphatic heterocycles. The Kier molecular flexibility index (Phi) is 1.83. The van der Waals surface area contributed by atoms with Gasteiger partial charge in [-0.2, -0.15) is 0 Å². The first kappa shape index (κ1) is 8.29. The van der Waals surface area contributed by atoms with Crippen LogP contribution in [0.1, 0.15) is 6.42 Å². The monoisotopic (exact) mass is 182 g/mol. The van der Waals surface area contributed by atoms with Crippen LogP contribution in [0.5, 0.6) is 0 Å². The SMILES string of the molecule is COC(=O)C1=CC[C@@H]2C(=O)OC[C@H]12. The molecule has 0 amide bonds. The van der Waals surface area contributed by atoms with Gasteiger partial charge in [0.15, 0.2) is 0 Å². The lowest BCUT2D eigenvalue weighted by molar-refractivity contribution is -0.141. The largest absolute Gasteiger partial charge is 0.466 e. The first-order valence-electron chi connectivity index (χ1n) is 4.19. The number of hydrogen-bond acceptors (Lipinski definition) is 4. The van der Waals surface area contributed by atoms with E-state index >= 15 is 0 Å². The predicted molar refractivity (Wildman–Crippen MR) is 42.7 cm³/mol. The second kappa shape index (κ2) is 2.87. The van der Waals surface area contributed by atoms with Gasteiger partial charge < -0.3 is 9.47 Å². The second-order valence-electron chi connectivity index (χ2n) is 3.23. The van der Waals surface area contributed by atoms with Crippen molar-refractivity contribution in [3.63, 3.8) is 0 Å². The lowest BCUT2D eigenvalue weighted by Crippen LogP contribution is -2.17. The molecule has 2 aliphatic rings. The van der Waals surface area contributed by atoms with E-state index in [2.05, 4.69) is 4.74 Å². The van der Waals surface area contributed by atoms with Crippen molar-refractivity contribution in [2.75, 3.05) is 13.7 Å². The van der Waals surface area contributed by atoms with Gasteiger partial charge >= 0.3 is 11.9 Å². The fourth-order valence-electron chi connectivity index (χ4n) is 1.88. The number of allylic oxidation sites excluding steroid dienone is 1. The third-order valence-corrected chi connectivity index (χ3v) is 2.61. The number of carbonyl (C=O) groups is 2. The van der Waals surface area contributed by atoms with Gasteiger partial charge in [0.05, 0.1) is 19.6 Å². The van der Waals surface area contributed by atoms with Crippen LogP contribution in [0.15, 0.2) is 11.6 Å². The van der Waals surface area contributed by atoms with E-state index in [1.54, 1.807) is 6.08 Å². The van der Waals surface area contributed by atoms with E-state index in [4.69, 9.17) is 4.74 Å². The molecule has 0 aromatic carbocycles. The first-order chi connectivity index (χ1) is 6.24. The van der Waals surface area contributed by atoms with E-state index in [0.29, 0.717) is 18.6 Å². The molecule has 0 bridgehead atoms. The molecule has 0 saturated carbocycles. The summed E-state index contributed by atoms with van der Waals surface area (Å²) in [6, 6.07) is 0. The lowest BCUT2D eigenvalue weighted by atomic mass is 9.94. The second-order valence-corrected chi connectivity index (χ2v) is 3.23. The topological polar surface area (TPSA) is 52.6 Å². The number of esters is 2. The van der Waals surface area contributed by atoms with E-state index in [9.17, 15) is 9.59 Å². The van der Waals surface area contributed by atoms with Crippen LogP contribution in [0.25, 0.3) is 0 Å². The Morgan fingerprint density at radius 3 is 3.08 bits per heavy atom. The van der Waals surface area contributed by atoms with E-state index in [-0.39, 0.29) is 23.8 Å². The smallest absolute Gasteiger partial charge is 0.333 e. The van der Waals surface area contributed by atoms with Crippen molar-refractivity contribution >= 4 is 11.9 Å². The summed E-state index contributed by atoms with van der Waals surface area (Å²) in [5, 5.41) is 0. The third-order valence-electron chi connectivity index (χ3n) is 2.61. The molecule has 1 fully saturated rings. The Morgan fingerprint density at radius 1 is 1.62 bits per heavy atom. The number of carbonyl (C=O) groups excluding carboxylic acids is 2. The summed E-state index contributed by atoms with van der Waals surface area (Å²) in [5.74, 6) is -0.750. The Balaban J connectivity index is 2.17. The number of ether oxygens (including phenoxy) is 2. The van der Waals surface area contributed by atoms with Crippen LogP contribution in [-0.4, -0.2) is 25.7 Å². The van der Waals surface area contributed by atoms with Crippen LogP contribution in [0.4, 0.5) is 0 Å². The van der Waals surface area contributed by atoms with Crippen molar-refractivity contribution in [2.45, 2.75) is 6.42 Å². The van der Waals surface area contributed by atoms with Gasteiger partial charge in [0.1, 0.15) is 0 Å². The highest BCUT2D eigenvalue weighted by Crippen LogP contribution is 2.37. The molecule has 1 heterocycles. The standard InChI is InChI=1S/C9H10O4/c1-12-8(10)5-2-3-6-7(5)4-13-9(6)11/h2,6-7H,3-4H2,1H3/t6-,7+/m0/s1. The van der Waals surface area contributed by atoms with E-state index in [1.165, 1.54) is 7.11 Å². The minimum Gasteiger partial charge on any atom is -0.466 e. The fourth-order valence-corrected chi connectivity index (χ4v) is 1.88. The summed E-state index contributed by atoms with van der Waals surface area (Å²) in [6.07, 6.45) is 2.38. The summed E-state index contributed by atoms with van der Waals surface area (Å²) in [6.45, 7) is 0.324. The normalized spacial score (nSPS) is 30.8. The van der Waals surface area contributed by atoms with Gasteiger partial charge in [0.25, 0.3) is 0 Å². The van der Waals surface area contributed by atoms with Crippen molar-refractivity contribution in [1.29, 1.82) is 0 Å². The molecule has 0 radical (unpaired) electrons. The number of rotatable bonds is 1. The molecule has 0 N–H and O–H groups in total. The molecule has 2 rings (SSSR count). The quantitative estimate of drug-likeness (QED) is 0.546. The van der Waals surface area contributed by atoms with Crippen LogP contribution >= 0.6 is 0 Å². The Morgan fingerprint density at radius 2 is 2.38 bits per heavy atom. The zero-order valence-electron chi connectivity index (χ0n) is 7.28. The summed E-state index contributed by atoms with van der Waals surface area (Å²) in [5.41, 5.74) is 0.596. The summed E-state index contributed by atoms with van der Waals surface area (Å²) < 4.78 is 9.46. The molecule has 0 spiro atoms. The van der Waals surface area contributed by atoms with E-state index < -0.39 is 0 Å². The van der Waals surface area contributed by atoms with Crippen LogP contribution in [-0.2, 0) is 19.1 Å². The average molecular weight is 182 g/mol. The average Bonchev–Trinajstić information content (AvgIpc) is 2.68. The van der Waals surface area contributed by atoms with Gasteiger partial charge in [0, 0.05) is 11.5 Å². The highest BCUT2D eigenvalue weighted by molar-refractivity contribution is 5.92. The van der Waals surface area contributed by atoms with Gasteiger partial charge in [-0.25, -0.2) is 4.79 Å². The highest BCUT2D eigenvalue weighted by Gasteiger charge is 2.44. The zero-order valence-corrected chi connectivity index (χ0v) is 7.28. The first-order valence-corrected chi connectivity index (χ1v) is 4.19. The maximum Gasteiger partial charge on any atom is 0.333 e. The molecular weight excluding hydrogens is 172 g/mol. The zero-order chi connectivity index (χ0) is 9.42. The van der Waals surface area contributed by atoms with Crippen molar-refractivity contribution in [2.24, 2.45) is 11.8 Å². The molecule has 4 nitrogen and oxygen atoms in total. The van der Waals surface area contributed by atoms with Gasteiger partial charge in [-0.1, -0.05) is 6.08 Å². The Bertz CT molecular complexity index is 292. The summed E-state index contributed by atoms with van der Waals surface area (Å²) in [7, 11) is 1.34. The van der Waals surface area contributed by atoms with Gasteiger partial charge in [-0.05, 0) is 6.42 Å². The minimum absolute atomic E-state index is 0.0695. The maximum atomic E-state index is 11.2. The summed E-state index contributed by atoms with van der Waals surface area (Å²) in [4.78, 5) is 22.3. The Hall–Kier alpha value is -1.32. The summed E-state index contributed by atoms with van der Waals surface area (Å²) >= 11 is 0. The Labute approximate surface area is 75.5 Å². The molecular formula is C9H10O4. The molecule has 4 heteroatoms. The van der Waals surface area contributed by atoms with Crippen molar-refractivity contribution in [3.8, 4) is 0 Å². The van der Waals surface area contributed by atoms with Crippen molar-refractivity contribution in [3.05, 3.63) is 11.6 Å². The van der Waals surface area contributed by atoms with Crippen LogP contribution < -0.4 is 0 Å². The number of fused-ring (bicyclic) bond motifs is 1.